The molecule has 162 valence electrons. The van der Waals surface area contributed by atoms with Crippen molar-refractivity contribution in [2.75, 3.05) is 29.9 Å². The summed E-state index contributed by atoms with van der Waals surface area (Å²) in [7, 11) is 0. The quantitative estimate of drug-likeness (QED) is 0.727. The lowest BCUT2D eigenvalue weighted by Crippen LogP contribution is -2.42. The number of hydrogen-bond donors (Lipinski definition) is 2. The van der Waals surface area contributed by atoms with Crippen molar-refractivity contribution in [3.63, 3.8) is 0 Å². The van der Waals surface area contributed by atoms with Crippen molar-refractivity contribution in [1.29, 1.82) is 0 Å². The maximum Gasteiger partial charge on any atom is 0.325 e. The zero-order valence-electron chi connectivity index (χ0n) is 18.0. The average molecular weight is 421 g/mol. The van der Waals surface area contributed by atoms with Gasteiger partial charge in [-0.3, -0.25) is 14.5 Å². The Bertz CT molecular complexity index is 998. The van der Waals surface area contributed by atoms with Crippen LogP contribution >= 0.6 is 0 Å². The molecular formula is C24H28N4O3. The Hall–Kier alpha value is -3.35. The van der Waals surface area contributed by atoms with Crippen LogP contribution in [0.2, 0.25) is 0 Å². The predicted octanol–water partition coefficient (Wildman–Crippen LogP) is 3.39. The van der Waals surface area contributed by atoms with Gasteiger partial charge in [-0.15, -0.1) is 0 Å². The number of carbonyl (C=O) groups is 3. The van der Waals surface area contributed by atoms with Crippen molar-refractivity contribution in [2.24, 2.45) is 0 Å². The van der Waals surface area contributed by atoms with Crippen molar-refractivity contribution in [1.82, 2.24) is 10.2 Å². The first-order valence-electron chi connectivity index (χ1n) is 10.7. The number of aryl methyl sites for hydroxylation is 1. The van der Waals surface area contributed by atoms with Gasteiger partial charge < -0.3 is 15.5 Å². The molecule has 4 amide bonds. The normalized spacial score (nSPS) is 21.2. The summed E-state index contributed by atoms with van der Waals surface area (Å²) in [6.07, 6.45) is 3.67. The number of carbonyl (C=O) groups excluding carboxylic acids is 3. The lowest BCUT2D eigenvalue weighted by Gasteiger charge is -2.28. The number of rotatable bonds is 5. The summed E-state index contributed by atoms with van der Waals surface area (Å²) in [5.74, 6) is -0.842. The first kappa shape index (κ1) is 20.9. The number of hydrogen-bond acceptors (Lipinski definition) is 4. The van der Waals surface area contributed by atoms with Crippen LogP contribution in [0.4, 0.5) is 16.2 Å². The summed E-state index contributed by atoms with van der Waals surface area (Å²) in [5, 5.41) is 5.54. The molecule has 0 bridgehead atoms. The van der Waals surface area contributed by atoms with Gasteiger partial charge in [-0.1, -0.05) is 24.3 Å². The summed E-state index contributed by atoms with van der Waals surface area (Å²) in [4.78, 5) is 41.4. The fourth-order valence-electron chi connectivity index (χ4n) is 4.41. The van der Waals surface area contributed by atoms with Gasteiger partial charge in [0.05, 0.1) is 0 Å². The van der Waals surface area contributed by atoms with Gasteiger partial charge in [0, 0.05) is 24.5 Å². The fourth-order valence-corrected chi connectivity index (χ4v) is 4.41. The number of imide groups is 1. The largest absolute Gasteiger partial charge is 0.372 e. The van der Waals surface area contributed by atoms with Gasteiger partial charge >= 0.3 is 6.03 Å². The van der Waals surface area contributed by atoms with Gasteiger partial charge in [-0.2, -0.15) is 0 Å². The number of piperidine rings is 1. The van der Waals surface area contributed by atoms with E-state index in [4.69, 9.17) is 0 Å². The third-order valence-electron chi connectivity index (χ3n) is 6.13. The van der Waals surface area contributed by atoms with E-state index in [-0.39, 0.29) is 6.54 Å². The van der Waals surface area contributed by atoms with Gasteiger partial charge in [0.2, 0.25) is 5.91 Å². The van der Waals surface area contributed by atoms with Crippen LogP contribution in [0.25, 0.3) is 0 Å². The third kappa shape index (κ3) is 4.13. The molecule has 2 aliphatic rings. The third-order valence-corrected chi connectivity index (χ3v) is 6.13. The molecule has 2 aliphatic heterocycles. The molecule has 0 aromatic heterocycles. The second-order valence-corrected chi connectivity index (χ2v) is 8.40. The molecule has 2 saturated heterocycles. The molecule has 2 aromatic rings. The highest BCUT2D eigenvalue weighted by molar-refractivity contribution is 6.10. The molecule has 7 nitrogen and oxygen atoms in total. The Morgan fingerprint density at radius 3 is 2.39 bits per heavy atom. The molecule has 0 spiro atoms. The van der Waals surface area contributed by atoms with E-state index in [0.29, 0.717) is 5.69 Å². The van der Waals surface area contributed by atoms with Gasteiger partial charge in [0.15, 0.2) is 0 Å². The van der Waals surface area contributed by atoms with E-state index in [1.165, 1.54) is 19.3 Å². The molecule has 0 saturated carbocycles. The van der Waals surface area contributed by atoms with Crippen LogP contribution in [0, 0.1) is 6.92 Å². The Labute approximate surface area is 182 Å². The van der Waals surface area contributed by atoms with E-state index in [1.807, 2.05) is 55.5 Å². The summed E-state index contributed by atoms with van der Waals surface area (Å²) in [6, 6.07) is 14.5. The summed E-state index contributed by atoms with van der Waals surface area (Å²) < 4.78 is 0. The van der Waals surface area contributed by atoms with Crippen LogP contribution < -0.4 is 15.5 Å². The number of amides is 4. The van der Waals surface area contributed by atoms with Crippen LogP contribution in [-0.2, 0) is 15.1 Å². The monoisotopic (exact) mass is 420 g/mol. The van der Waals surface area contributed by atoms with Crippen LogP contribution in [0.1, 0.15) is 37.3 Å². The molecule has 2 fully saturated rings. The molecule has 1 unspecified atom stereocenters. The smallest absolute Gasteiger partial charge is 0.325 e. The van der Waals surface area contributed by atoms with Crippen molar-refractivity contribution in [3.8, 4) is 0 Å². The van der Waals surface area contributed by atoms with Crippen molar-refractivity contribution >= 4 is 29.2 Å². The number of anilines is 2. The standard InChI is InChI=1S/C24H28N4O3/c1-17-8-4-5-9-20(17)24(2)22(30)28(23(31)26-24)16-21(29)25-18-10-12-19(13-11-18)27-14-6-3-7-15-27/h4-5,8-13H,3,6-7,14-16H2,1-2H3,(H,25,29)(H,26,31). The number of nitrogens with one attached hydrogen (secondary N) is 2. The lowest BCUT2D eigenvalue weighted by molar-refractivity contribution is -0.133. The van der Waals surface area contributed by atoms with E-state index in [2.05, 4.69) is 15.5 Å². The first-order valence-corrected chi connectivity index (χ1v) is 10.7. The maximum atomic E-state index is 13.1. The number of benzene rings is 2. The van der Waals surface area contributed by atoms with Crippen LogP contribution in [0.3, 0.4) is 0 Å². The zero-order chi connectivity index (χ0) is 22.0. The Morgan fingerprint density at radius 2 is 1.71 bits per heavy atom. The Kier molecular flexibility index (Phi) is 5.67. The fraction of sp³-hybridized carbons (Fsp3) is 0.375. The lowest BCUT2D eigenvalue weighted by atomic mass is 9.88. The topological polar surface area (TPSA) is 81.8 Å². The highest BCUT2D eigenvalue weighted by Crippen LogP contribution is 2.31. The van der Waals surface area contributed by atoms with Crippen LogP contribution in [-0.4, -0.2) is 42.4 Å². The van der Waals surface area contributed by atoms with Gasteiger partial charge in [-0.25, -0.2) is 4.79 Å². The molecule has 0 radical (unpaired) electrons. The highest BCUT2D eigenvalue weighted by atomic mass is 16.2. The predicted molar refractivity (Wildman–Crippen MR) is 120 cm³/mol. The summed E-state index contributed by atoms with van der Waals surface area (Å²) in [6.45, 7) is 5.34. The van der Waals surface area contributed by atoms with E-state index in [9.17, 15) is 14.4 Å². The van der Waals surface area contributed by atoms with Gasteiger partial charge in [0.1, 0.15) is 12.1 Å². The number of urea groups is 1. The zero-order valence-corrected chi connectivity index (χ0v) is 18.0. The highest BCUT2D eigenvalue weighted by Gasteiger charge is 2.50. The minimum Gasteiger partial charge on any atom is -0.372 e. The van der Waals surface area contributed by atoms with Gasteiger partial charge in [-0.05, 0) is 68.5 Å². The van der Waals surface area contributed by atoms with E-state index < -0.39 is 23.4 Å². The first-order chi connectivity index (χ1) is 14.9. The second kappa shape index (κ2) is 8.41. The Morgan fingerprint density at radius 1 is 1.03 bits per heavy atom. The SMILES string of the molecule is Cc1ccccc1C1(C)NC(=O)N(CC(=O)Nc2ccc(N3CCCCC3)cc2)C1=O. The summed E-state index contributed by atoms with van der Waals surface area (Å²) >= 11 is 0. The minimum absolute atomic E-state index is 0.333. The molecule has 1 atom stereocenters. The van der Waals surface area contributed by atoms with Crippen molar-refractivity contribution in [2.45, 2.75) is 38.6 Å². The summed E-state index contributed by atoms with van der Waals surface area (Å²) in [5.41, 5.74) is 2.22. The Balaban J connectivity index is 1.41. The number of nitrogens with zero attached hydrogens (tertiary/aromatic N) is 2. The second-order valence-electron chi connectivity index (χ2n) is 8.40. The minimum atomic E-state index is -1.18. The average Bonchev–Trinajstić information content (AvgIpc) is 2.99. The molecule has 0 aliphatic carbocycles. The molecule has 31 heavy (non-hydrogen) atoms. The van der Waals surface area contributed by atoms with Crippen LogP contribution in [0.15, 0.2) is 48.5 Å². The molecule has 2 heterocycles. The van der Waals surface area contributed by atoms with Crippen molar-refractivity contribution in [3.05, 3.63) is 59.7 Å². The van der Waals surface area contributed by atoms with Crippen LogP contribution in [0.5, 0.6) is 0 Å². The molecule has 7 heteroatoms. The van der Waals surface area contributed by atoms with Crippen molar-refractivity contribution < 1.29 is 14.4 Å². The maximum absolute atomic E-state index is 13.1. The molecule has 4 rings (SSSR count). The van der Waals surface area contributed by atoms with E-state index in [1.54, 1.807) is 6.92 Å². The molecule has 2 aromatic carbocycles. The van der Waals surface area contributed by atoms with Gasteiger partial charge in [0.25, 0.3) is 5.91 Å². The molecule has 2 N–H and O–H groups in total. The van der Waals surface area contributed by atoms with E-state index in [0.717, 1.165) is 34.8 Å². The van der Waals surface area contributed by atoms with E-state index >= 15 is 0 Å². The molecular weight excluding hydrogens is 392 g/mol.